The number of benzene rings is 2. The SMILES string of the molecule is N#Cc1ccc(Cl)cc1N(C(=O)OCc1ccccc1)C1CCOCC1. The van der Waals surface area contributed by atoms with Crippen LogP contribution in [0.1, 0.15) is 24.0 Å². The molecule has 0 aliphatic carbocycles. The lowest BCUT2D eigenvalue weighted by Gasteiger charge is -2.34. The molecule has 0 bridgehead atoms. The van der Waals surface area contributed by atoms with Gasteiger partial charge in [0.15, 0.2) is 0 Å². The number of hydrogen-bond donors (Lipinski definition) is 0. The molecule has 1 aliphatic heterocycles. The highest BCUT2D eigenvalue weighted by atomic mass is 35.5. The van der Waals surface area contributed by atoms with E-state index in [1.165, 1.54) is 0 Å². The molecule has 26 heavy (non-hydrogen) atoms. The maximum absolute atomic E-state index is 12.9. The first-order valence-corrected chi connectivity index (χ1v) is 8.84. The van der Waals surface area contributed by atoms with Crippen molar-refractivity contribution in [2.45, 2.75) is 25.5 Å². The zero-order chi connectivity index (χ0) is 18.4. The van der Waals surface area contributed by atoms with Crippen LogP contribution >= 0.6 is 11.6 Å². The second-order valence-corrected chi connectivity index (χ2v) is 6.46. The highest BCUT2D eigenvalue weighted by Crippen LogP contribution is 2.30. The molecular formula is C20H19ClN2O3. The highest BCUT2D eigenvalue weighted by molar-refractivity contribution is 6.31. The Balaban J connectivity index is 1.87. The molecular weight excluding hydrogens is 352 g/mol. The Kier molecular flexibility index (Phi) is 6.11. The average molecular weight is 371 g/mol. The normalized spacial score (nSPS) is 14.5. The lowest BCUT2D eigenvalue weighted by atomic mass is 10.0. The minimum Gasteiger partial charge on any atom is -0.444 e. The third-order valence-corrected chi connectivity index (χ3v) is 4.53. The summed E-state index contributed by atoms with van der Waals surface area (Å²) in [4.78, 5) is 14.5. The predicted molar refractivity (Wildman–Crippen MR) is 99.1 cm³/mol. The molecule has 0 spiro atoms. The minimum atomic E-state index is -0.487. The van der Waals surface area contributed by atoms with E-state index in [0.717, 1.165) is 5.56 Å². The quantitative estimate of drug-likeness (QED) is 0.793. The van der Waals surface area contributed by atoms with E-state index in [9.17, 15) is 10.1 Å². The molecule has 0 saturated carbocycles. The van der Waals surface area contributed by atoms with Gasteiger partial charge in [-0.25, -0.2) is 4.79 Å². The van der Waals surface area contributed by atoms with Crippen LogP contribution in [-0.4, -0.2) is 25.3 Å². The van der Waals surface area contributed by atoms with E-state index < -0.39 is 6.09 Å². The van der Waals surface area contributed by atoms with E-state index in [2.05, 4.69) is 6.07 Å². The van der Waals surface area contributed by atoms with Crippen LogP contribution < -0.4 is 4.90 Å². The Morgan fingerprint density at radius 2 is 1.96 bits per heavy atom. The van der Waals surface area contributed by atoms with Crippen LogP contribution in [0.5, 0.6) is 0 Å². The van der Waals surface area contributed by atoms with Gasteiger partial charge in [-0.1, -0.05) is 41.9 Å². The van der Waals surface area contributed by atoms with E-state index >= 15 is 0 Å². The van der Waals surface area contributed by atoms with Gasteiger partial charge in [0.25, 0.3) is 0 Å². The molecule has 1 amide bonds. The van der Waals surface area contributed by atoms with Crippen molar-refractivity contribution in [1.29, 1.82) is 5.26 Å². The number of carbonyl (C=O) groups is 1. The van der Waals surface area contributed by atoms with Gasteiger partial charge in [0, 0.05) is 24.3 Å². The molecule has 2 aromatic rings. The van der Waals surface area contributed by atoms with Gasteiger partial charge in [-0.2, -0.15) is 5.26 Å². The van der Waals surface area contributed by atoms with Crippen LogP contribution in [0.2, 0.25) is 5.02 Å². The number of rotatable bonds is 4. The Hall–Kier alpha value is -2.55. The van der Waals surface area contributed by atoms with Crippen molar-refractivity contribution in [1.82, 2.24) is 0 Å². The van der Waals surface area contributed by atoms with Gasteiger partial charge in [0.05, 0.1) is 11.3 Å². The molecule has 0 aromatic heterocycles. The fourth-order valence-electron chi connectivity index (χ4n) is 2.97. The van der Waals surface area contributed by atoms with Crippen molar-refractivity contribution in [2.75, 3.05) is 18.1 Å². The Morgan fingerprint density at radius 1 is 1.23 bits per heavy atom. The van der Waals surface area contributed by atoms with E-state index in [0.29, 0.717) is 42.3 Å². The molecule has 5 nitrogen and oxygen atoms in total. The molecule has 0 unspecified atom stereocenters. The van der Waals surface area contributed by atoms with Gasteiger partial charge < -0.3 is 9.47 Å². The van der Waals surface area contributed by atoms with Crippen LogP contribution in [0.25, 0.3) is 0 Å². The zero-order valence-electron chi connectivity index (χ0n) is 14.2. The summed E-state index contributed by atoms with van der Waals surface area (Å²) in [6, 6.07) is 16.4. The molecule has 1 fully saturated rings. The van der Waals surface area contributed by atoms with Crippen molar-refractivity contribution in [3.8, 4) is 6.07 Å². The summed E-state index contributed by atoms with van der Waals surface area (Å²) in [7, 11) is 0. The summed E-state index contributed by atoms with van der Waals surface area (Å²) in [6.45, 7) is 1.30. The fourth-order valence-corrected chi connectivity index (χ4v) is 3.14. The number of nitriles is 1. The third kappa shape index (κ3) is 4.34. The molecule has 1 saturated heterocycles. The molecule has 0 radical (unpaired) electrons. The van der Waals surface area contributed by atoms with Gasteiger partial charge in [-0.3, -0.25) is 4.90 Å². The summed E-state index contributed by atoms with van der Waals surface area (Å²) < 4.78 is 10.9. The molecule has 134 valence electrons. The molecule has 1 aliphatic rings. The van der Waals surface area contributed by atoms with E-state index in [-0.39, 0.29) is 12.6 Å². The summed E-state index contributed by atoms with van der Waals surface area (Å²) in [5.41, 5.74) is 1.77. The average Bonchev–Trinajstić information content (AvgIpc) is 2.68. The number of ether oxygens (including phenoxy) is 2. The maximum Gasteiger partial charge on any atom is 0.414 e. The van der Waals surface area contributed by atoms with Crippen molar-refractivity contribution in [3.63, 3.8) is 0 Å². The molecule has 3 rings (SSSR count). The Morgan fingerprint density at radius 3 is 2.65 bits per heavy atom. The van der Waals surface area contributed by atoms with Gasteiger partial charge in [-0.15, -0.1) is 0 Å². The van der Waals surface area contributed by atoms with Crippen LogP contribution in [0, 0.1) is 11.3 Å². The Bertz CT molecular complexity index is 798. The molecule has 2 aromatic carbocycles. The van der Waals surface area contributed by atoms with Gasteiger partial charge in [0.1, 0.15) is 12.7 Å². The van der Waals surface area contributed by atoms with E-state index in [1.807, 2.05) is 30.3 Å². The molecule has 6 heteroatoms. The van der Waals surface area contributed by atoms with Gasteiger partial charge in [-0.05, 0) is 36.6 Å². The third-order valence-electron chi connectivity index (χ3n) is 4.30. The van der Waals surface area contributed by atoms with Crippen molar-refractivity contribution in [3.05, 3.63) is 64.7 Å². The summed E-state index contributed by atoms with van der Waals surface area (Å²) in [5, 5.41) is 9.91. The summed E-state index contributed by atoms with van der Waals surface area (Å²) in [6.07, 6.45) is 0.870. The standard InChI is InChI=1S/C20H19ClN2O3/c21-17-7-6-16(13-22)19(12-17)23(18-8-10-25-11-9-18)20(24)26-14-15-4-2-1-3-5-15/h1-7,12,18H,8-11,14H2. The topological polar surface area (TPSA) is 62.6 Å². The van der Waals surface area contributed by atoms with Crippen LogP contribution in [0.15, 0.2) is 48.5 Å². The molecule has 0 atom stereocenters. The summed E-state index contributed by atoms with van der Waals surface area (Å²) in [5.74, 6) is 0. The first kappa shape index (κ1) is 18.2. The number of halogens is 1. The smallest absolute Gasteiger partial charge is 0.414 e. The first-order chi connectivity index (χ1) is 12.7. The second-order valence-electron chi connectivity index (χ2n) is 6.03. The number of anilines is 1. The number of nitrogens with zero attached hydrogens (tertiary/aromatic N) is 2. The second kappa shape index (κ2) is 8.70. The van der Waals surface area contributed by atoms with Crippen LogP contribution in [-0.2, 0) is 16.1 Å². The van der Waals surface area contributed by atoms with Crippen molar-refractivity contribution in [2.24, 2.45) is 0 Å². The summed E-state index contributed by atoms with van der Waals surface area (Å²) >= 11 is 6.12. The largest absolute Gasteiger partial charge is 0.444 e. The minimum absolute atomic E-state index is 0.0995. The number of amides is 1. The van der Waals surface area contributed by atoms with Gasteiger partial charge >= 0.3 is 6.09 Å². The molecule has 1 heterocycles. The van der Waals surface area contributed by atoms with E-state index in [1.54, 1.807) is 23.1 Å². The van der Waals surface area contributed by atoms with Crippen LogP contribution in [0.3, 0.4) is 0 Å². The zero-order valence-corrected chi connectivity index (χ0v) is 15.0. The Labute approximate surface area is 157 Å². The molecule has 0 N–H and O–H groups in total. The maximum atomic E-state index is 12.9. The fraction of sp³-hybridized carbons (Fsp3) is 0.300. The lowest BCUT2D eigenvalue weighted by molar-refractivity contribution is 0.0805. The lowest BCUT2D eigenvalue weighted by Crippen LogP contribution is -2.44. The number of carbonyl (C=O) groups excluding carboxylic acids is 1. The first-order valence-electron chi connectivity index (χ1n) is 8.46. The predicted octanol–water partition coefficient (Wildman–Crippen LogP) is 4.53. The number of hydrogen-bond acceptors (Lipinski definition) is 4. The monoisotopic (exact) mass is 370 g/mol. The van der Waals surface area contributed by atoms with Crippen molar-refractivity contribution < 1.29 is 14.3 Å². The highest BCUT2D eigenvalue weighted by Gasteiger charge is 2.30. The van der Waals surface area contributed by atoms with E-state index in [4.69, 9.17) is 21.1 Å². The van der Waals surface area contributed by atoms with Crippen molar-refractivity contribution >= 4 is 23.4 Å². The van der Waals surface area contributed by atoms with Crippen LogP contribution in [0.4, 0.5) is 10.5 Å². The van der Waals surface area contributed by atoms with Gasteiger partial charge in [0.2, 0.25) is 0 Å².